The molecule has 0 fully saturated rings. The van der Waals surface area contributed by atoms with E-state index in [-0.39, 0.29) is 47.7 Å². The van der Waals surface area contributed by atoms with Gasteiger partial charge in [-0.2, -0.15) is 0 Å². The molecule has 1 atom stereocenters. The summed E-state index contributed by atoms with van der Waals surface area (Å²) >= 11 is 0. The molecule has 0 aromatic heterocycles. The molecule has 0 bridgehead atoms. The summed E-state index contributed by atoms with van der Waals surface area (Å²) in [7, 11) is 2.73. The molecule has 0 unspecified atom stereocenters. The normalized spacial score (nSPS) is 14.9. The number of carbonyl (C=O) groups excluding carboxylic acids is 3. The maximum Gasteiger partial charge on any atom is 0.338 e. The van der Waals surface area contributed by atoms with Crippen molar-refractivity contribution < 1.29 is 52.6 Å². The van der Waals surface area contributed by atoms with E-state index in [2.05, 4.69) is 0 Å². The molecule has 1 N–H and O–H groups in total. The minimum atomic E-state index is -1.02. The average Bonchev–Trinajstić information content (AvgIpc) is 3.40. The zero-order valence-electron chi connectivity index (χ0n) is 19.3. The maximum absolute atomic E-state index is 12.7. The number of esters is 3. The molecule has 35 heavy (non-hydrogen) atoms. The van der Waals surface area contributed by atoms with Crippen LogP contribution in [0.5, 0.6) is 34.5 Å². The van der Waals surface area contributed by atoms with E-state index in [1.165, 1.54) is 46.3 Å². The smallest absolute Gasteiger partial charge is 0.338 e. The third-order valence-electron chi connectivity index (χ3n) is 5.29. The van der Waals surface area contributed by atoms with Gasteiger partial charge in [0, 0.05) is 31.4 Å². The third kappa shape index (κ3) is 4.52. The number of carbonyl (C=O) groups is 3. The maximum atomic E-state index is 12.7. The van der Waals surface area contributed by atoms with Crippen LogP contribution >= 0.6 is 0 Å². The van der Waals surface area contributed by atoms with E-state index < -0.39 is 23.8 Å². The second-order valence-corrected chi connectivity index (χ2v) is 7.55. The lowest BCUT2D eigenvalue weighted by Crippen LogP contribution is -2.15. The molecule has 2 aliphatic heterocycles. The molecular weight excluding hydrogens is 464 g/mol. The zero-order valence-corrected chi connectivity index (χ0v) is 19.3. The fraction of sp³-hybridized carbons (Fsp3) is 0.292. The van der Waals surface area contributed by atoms with Crippen LogP contribution in [-0.2, 0) is 19.1 Å². The minimum absolute atomic E-state index is 0.0306. The van der Waals surface area contributed by atoms with Crippen molar-refractivity contribution in [3.05, 3.63) is 46.7 Å². The molecule has 0 saturated carbocycles. The van der Waals surface area contributed by atoms with Crippen molar-refractivity contribution in [1.29, 1.82) is 0 Å². The Kier molecular flexibility index (Phi) is 6.41. The van der Waals surface area contributed by atoms with Gasteiger partial charge in [-0.3, -0.25) is 9.59 Å². The summed E-state index contributed by atoms with van der Waals surface area (Å²) in [4.78, 5) is 36.2. The van der Waals surface area contributed by atoms with E-state index in [1.807, 2.05) is 0 Å². The number of aliphatic hydroxyl groups is 1. The largest absolute Gasteiger partial charge is 0.508 e. The van der Waals surface area contributed by atoms with E-state index >= 15 is 0 Å². The summed E-state index contributed by atoms with van der Waals surface area (Å²) in [6.45, 7) is 2.09. The first-order valence-electron chi connectivity index (χ1n) is 10.4. The SMILES string of the molecule is COc1cc([C@@H](C2=C(O)COC2=O)c2cc3c(cc2OC(C)=O)OCO3)cc(OC)c1OC(C)=O. The summed E-state index contributed by atoms with van der Waals surface area (Å²) in [6, 6.07) is 6.04. The van der Waals surface area contributed by atoms with Gasteiger partial charge < -0.3 is 38.3 Å². The van der Waals surface area contributed by atoms with E-state index in [1.54, 1.807) is 6.07 Å². The van der Waals surface area contributed by atoms with E-state index in [9.17, 15) is 19.5 Å². The van der Waals surface area contributed by atoms with Crippen molar-refractivity contribution in [2.45, 2.75) is 19.8 Å². The molecule has 0 radical (unpaired) electrons. The second-order valence-electron chi connectivity index (χ2n) is 7.55. The van der Waals surface area contributed by atoms with Crippen LogP contribution in [0.15, 0.2) is 35.6 Å². The van der Waals surface area contributed by atoms with Crippen LogP contribution < -0.4 is 28.4 Å². The highest BCUT2D eigenvalue weighted by Gasteiger charge is 2.38. The Morgan fingerprint density at radius 2 is 1.49 bits per heavy atom. The van der Waals surface area contributed by atoms with Gasteiger partial charge in [-0.1, -0.05) is 0 Å². The monoisotopic (exact) mass is 486 g/mol. The van der Waals surface area contributed by atoms with E-state index in [0.29, 0.717) is 22.6 Å². The van der Waals surface area contributed by atoms with Gasteiger partial charge in [0.15, 0.2) is 23.0 Å². The number of ether oxygens (including phenoxy) is 7. The molecule has 0 amide bonds. The lowest BCUT2D eigenvalue weighted by atomic mass is 9.83. The summed E-state index contributed by atoms with van der Waals surface area (Å²) in [5.41, 5.74) is 0.595. The van der Waals surface area contributed by atoms with Crippen LogP contribution in [0.4, 0.5) is 0 Å². The number of rotatable bonds is 7. The molecule has 11 heteroatoms. The molecular formula is C24H22O11. The first kappa shape index (κ1) is 23.7. The molecule has 2 heterocycles. The molecule has 11 nitrogen and oxygen atoms in total. The van der Waals surface area contributed by atoms with Crippen molar-refractivity contribution in [2.24, 2.45) is 0 Å². The fourth-order valence-corrected chi connectivity index (χ4v) is 3.91. The summed E-state index contributed by atoms with van der Waals surface area (Å²) in [6.07, 6.45) is 0. The lowest BCUT2D eigenvalue weighted by Gasteiger charge is -2.23. The van der Waals surface area contributed by atoms with Gasteiger partial charge in [0.1, 0.15) is 18.1 Å². The minimum Gasteiger partial charge on any atom is -0.508 e. The summed E-state index contributed by atoms with van der Waals surface area (Å²) in [5, 5.41) is 10.6. The van der Waals surface area contributed by atoms with Gasteiger partial charge in [-0.25, -0.2) is 4.79 Å². The fourth-order valence-electron chi connectivity index (χ4n) is 3.91. The number of aliphatic hydroxyl groups excluding tert-OH is 1. The third-order valence-corrected chi connectivity index (χ3v) is 5.29. The van der Waals surface area contributed by atoms with Crippen LogP contribution in [0.2, 0.25) is 0 Å². The number of fused-ring (bicyclic) bond motifs is 1. The van der Waals surface area contributed by atoms with Crippen molar-refractivity contribution in [3.8, 4) is 34.5 Å². The van der Waals surface area contributed by atoms with Crippen LogP contribution in [0.1, 0.15) is 30.9 Å². The van der Waals surface area contributed by atoms with Gasteiger partial charge in [0.2, 0.25) is 12.5 Å². The number of methoxy groups -OCH3 is 2. The Labute approximate surface area is 199 Å². The Hall–Kier alpha value is -4.41. The van der Waals surface area contributed by atoms with Crippen LogP contribution in [0.3, 0.4) is 0 Å². The Morgan fingerprint density at radius 1 is 0.886 bits per heavy atom. The molecule has 0 aliphatic carbocycles. The predicted molar refractivity (Wildman–Crippen MR) is 117 cm³/mol. The molecule has 2 aliphatic rings. The van der Waals surface area contributed by atoms with Gasteiger partial charge in [-0.05, 0) is 23.8 Å². The number of benzene rings is 2. The highest BCUT2D eigenvalue weighted by molar-refractivity contribution is 5.94. The van der Waals surface area contributed by atoms with E-state index in [4.69, 9.17) is 33.2 Å². The Bertz CT molecular complexity index is 1220. The molecule has 2 aromatic carbocycles. The second kappa shape index (κ2) is 9.45. The van der Waals surface area contributed by atoms with Crippen LogP contribution in [0.25, 0.3) is 0 Å². The van der Waals surface area contributed by atoms with Crippen LogP contribution in [0, 0.1) is 0 Å². The highest BCUT2D eigenvalue weighted by Crippen LogP contribution is 2.49. The standard InChI is InChI=1S/C24H22O11/c1-11(25)34-16-8-18-17(32-10-33-18)7-14(16)21(22-15(27)9-31-24(22)28)13-5-19(29-3)23(35-12(2)26)20(6-13)30-4/h5-8,21,27H,9-10H2,1-4H3/t21-/m1/s1. The predicted octanol–water partition coefficient (Wildman–Crippen LogP) is 2.78. The van der Waals surface area contributed by atoms with Crippen LogP contribution in [-0.4, -0.2) is 50.6 Å². The number of hydrogen-bond acceptors (Lipinski definition) is 11. The Morgan fingerprint density at radius 3 is 2.00 bits per heavy atom. The average molecular weight is 486 g/mol. The molecule has 4 rings (SSSR count). The van der Waals surface area contributed by atoms with Crippen molar-refractivity contribution in [1.82, 2.24) is 0 Å². The van der Waals surface area contributed by atoms with Crippen molar-refractivity contribution in [3.63, 3.8) is 0 Å². The first-order valence-corrected chi connectivity index (χ1v) is 10.4. The lowest BCUT2D eigenvalue weighted by molar-refractivity contribution is -0.136. The van der Waals surface area contributed by atoms with Crippen molar-refractivity contribution >= 4 is 17.9 Å². The van der Waals surface area contributed by atoms with Crippen molar-refractivity contribution in [2.75, 3.05) is 27.6 Å². The number of hydrogen-bond donors (Lipinski definition) is 1. The van der Waals surface area contributed by atoms with Gasteiger partial charge >= 0.3 is 17.9 Å². The topological polar surface area (TPSA) is 136 Å². The first-order chi connectivity index (χ1) is 16.7. The molecule has 184 valence electrons. The quantitative estimate of drug-likeness (QED) is 0.457. The van der Waals surface area contributed by atoms with Gasteiger partial charge in [0.05, 0.1) is 19.8 Å². The Balaban J connectivity index is 2.00. The molecule has 0 saturated heterocycles. The molecule has 0 spiro atoms. The van der Waals surface area contributed by atoms with E-state index in [0.717, 1.165) is 0 Å². The van der Waals surface area contributed by atoms with Gasteiger partial charge in [0.25, 0.3) is 0 Å². The highest BCUT2D eigenvalue weighted by atomic mass is 16.7. The summed E-state index contributed by atoms with van der Waals surface area (Å²) < 4.78 is 37.5. The molecule has 2 aromatic rings. The van der Waals surface area contributed by atoms with Gasteiger partial charge in [-0.15, -0.1) is 0 Å². The summed E-state index contributed by atoms with van der Waals surface area (Å²) in [5.74, 6) is -2.25. The number of cyclic esters (lactones) is 1. The zero-order chi connectivity index (χ0) is 25.3.